The van der Waals surface area contributed by atoms with E-state index in [-0.39, 0.29) is 16.9 Å². The van der Waals surface area contributed by atoms with Crippen LogP contribution in [0.15, 0.2) is 73.3 Å². The molecule has 0 fully saturated rings. The minimum atomic E-state index is -0.849. The first kappa shape index (κ1) is 20.2. The zero-order chi connectivity index (χ0) is 21.3. The molecule has 3 aromatic rings. The Labute approximate surface area is 175 Å². The number of aryl methyl sites for hydroxylation is 1. The van der Waals surface area contributed by atoms with E-state index in [2.05, 4.69) is 12.7 Å². The van der Waals surface area contributed by atoms with Gasteiger partial charge in [-0.15, -0.1) is 6.58 Å². The van der Waals surface area contributed by atoms with E-state index < -0.39 is 11.6 Å². The highest BCUT2D eigenvalue weighted by Gasteiger charge is 2.16. The summed E-state index contributed by atoms with van der Waals surface area (Å²) in [6.45, 7) is 5.37. The molecule has 1 aliphatic carbocycles. The molecule has 30 heavy (non-hydrogen) atoms. The average molecular weight is 404 g/mol. The first-order valence-electron chi connectivity index (χ1n) is 10.1. The predicted molar refractivity (Wildman–Crippen MR) is 117 cm³/mol. The molecule has 3 heteroatoms. The molecule has 0 spiro atoms. The van der Waals surface area contributed by atoms with E-state index in [9.17, 15) is 13.2 Å². The van der Waals surface area contributed by atoms with Crippen LogP contribution in [0.4, 0.5) is 13.2 Å². The normalized spacial score (nSPS) is 16.3. The number of benzene rings is 3. The Morgan fingerprint density at radius 3 is 2.13 bits per heavy atom. The number of halogens is 3. The zero-order valence-electron chi connectivity index (χ0n) is 16.9. The summed E-state index contributed by atoms with van der Waals surface area (Å²) >= 11 is 0. The quantitative estimate of drug-likeness (QED) is 0.385. The lowest BCUT2D eigenvalue weighted by molar-refractivity contribution is 0.505. The lowest BCUT2D eigenvalue weighted by atomic mass is 9.86. The summed E-state index contributed by atoms with van der Waals surface area (Å²) < 4.78 is 43.0. The minimum Gasteiger partial charge on any atom is -0.206 e. The Kier molecular flexibility index (Phi) is 5.63. The average Bonchev–Trinajstić information content (AvgIpc) is 2.78. The van der Waals surface area contributed by atoms with E-state index in [0.717, 1.165) is 36.0 Å². The number of rotatable bonds is 4. The molecule has 0 nitrogen and oxygen atoms in total. The van der Waals surface area contributed by atoms with Crippen molar-refractivity contribution in [1.82, 2.24) is 0 Å². The van der Waals surface area contributed by atoms with Gasteiger partial charge in [0.2, 0.25) is 0 Å². The topological polar surface area (TPSA) is 0 Å². The van der Waals surface area contributed by atoms with Crippen molar-refractivity contribution in [3.05, 3.63) is 102 Å². The van der Waals surface area contributed by atoms with Crippen LogP contribution in [-0.2, 0) is 0 Å². The van der Waals surface area contributed by atoms with Crippen LogP contribution in [0.2, 0.25) is 0 Å². The van der Waals surface area contributed by atoms with Crippen molar-refractivity contribution >= 4 is 5.57 Å². The van der Waals surface area contributed by atoms with Gasteiger partial charge in [0.1, 0.15) is 5.82 Å². The molecule has 0 N–H and O–H groups in total. The molecule has 0 aliphatic heterocycles. The van der Waals surface area contributed by atoms with E-state index in [4.69, 9.17) is 0 Å². The first-order valence-corrected chi connectivity index (χ1v) is 10.1. The third kappa shape index (κ3) is 3.85. The molecule has 0 saturated carbocycles. The molecular formula is C27H23F3. The zero-order valence-corrected chi connectivity index (χ0v) is 16.9. The van der Waals surface area contributed by atoms with Crippen LogP contribution in [0, 0.1) is 30.3 Å². The molecule has 1 atom stereocenters. The van der Waals surface area contributed by atoms with E-state index in [1.54, 1.807) is 36.4 Å². The molecule has 4 rings (SSSR count). The van der Waals surface area contributed by atoms with E-state index in [1.165, 1.54) is 13.0 Å². The van der Waals surface area contributed by atoms with Gasteiger partial charge in [-0.3, -0.25) is 0 Å². The van der Waals surface area contributed by atoms with Gasteiger partial charge in [-0.25, -0.2) is 13.2 Å². The Hall–Kier alpha value is -3.07. The number of allylic oxidation sites excluding steroid dienone is 3. The Morgan fingerprint density at radius 1 is 0.833 bits per heavy atom. The van der Waals surface area contributed by atoms with Crippen LogP contribution in [0.3, 0.4) is 0 Å². The summed E-state index contributed by atoms with van der Waals surface area (Å²) in [6, 6.07) is 15.5. The SMILES string of the molecule is C=CC1CC=C(c2ccc(-c3ccc(-c4ccc(C)c(F)c4F)cc3)cc2F)CC1. The molecule has 1 unspecified atom stereocenters. The van der Waals surface area contributed by atoms with Gasteiger partial charge in [0.05, 0.1) is 0 Å². The Bertz CT molecular complexity index is 1120. The molecular weight excluding hydrogens is 381 g/mol. The van der Waals surface area contributed by atoms with E-state index in [1.807, 2.05) is 18.2 Å². The highest BCUT2D eigenvalue weighted by Crippen LogP contribution is 2.34. The molecule has 0 radical (unpaired) electrons. The molecule has 1 aliphatic rings. The van der Waals surface area contributed by atoms with E-state index in [0.29, 0.717) is 17.0 Å². The molecule has 152 valence electrons. The van der Waals surface area contributed by atoms with Crippen molar-refractivity contribution in [1.29, 1.82) is 0 Å². The maximum atomic E-state index is 14.8. The van der Waals surface area contributed by atoms with Crippen molar-refractivity contribution in [2.24, 2.45) is 5.92 Å². The summed E-state index contributed by atoms with van der Waals surface area (Å²) in [6.07, 6.45) is 6.82. The maximum absolute atomic E-state index is 14.8. The van der Waals surface area contributed by atoms with E-state index >= 15 is 0 Å². The summed E-state index contributed by atoms with van der Waals surface area (Å²) in [7, 11) is 0. The third-order valence-corrected chi connectivity index (χ3v) is 5.90. The summed E-state index contributed by atoms with van der Waals surface area (Å²) in [5, 5.41) is 0. The van der Waals surface area contributed by atoms with Crippen molar-refractivity contribution in [3.8, 4) is 22.3 Å². The van der Waals surface area contributed by atoms with Crippen molar-refractivity contribution in [3.63, 3.8) is 0 Å². The largest absolute Gasteiger partial charge is 0.206 e. The summed E-state index contributed by atoms with van der Waals surface area (Å²) in [4.78, 5) is 0. The molecule has 0 saturated heterocycles. The van der Waals surface area contributed by atoms with Crippen LogP contribution in [-0.4, -0.2) is 0 Å². The molecule has 3 aromatic carbocycles. The van der Waals surface area contributed by atoms with Crippen LogP contribution >= 0.6 is 0 Å². The van der Waals surface area contributed by atoms with Crippen molar-refractivity contribution < 1.29 is 13.2 Å². The second kappa shape index (κ2) is 8.35. The van der Waals surface area contributed by atoms with Gasteiger partial charge < -0.3 is 0 Å². The standard InChI is InChI=1S/C27H23F3/c1-3-18-5-7-20(8-6-18)23-15-13-22(16-25(23)28)19-9-11-21(12-10-19)24-14-4-17(2)26(29)27(24)30/h3-4,7,9-16,18H,1,5-6,8H2,2H3. The number of hydrogen-bond acceptors (Lipinski definition) is 0. The summed E-state index contributed by atoms with van der Waals surface area (Å²) in [5.74, 6) is -1.45. The smallest absolute Gasteiger partial charge is 0.166 e. The van der Waals surface area contributed by atoms with Gasteiger partial charge in [0.15, 0.2) is 11.6 Å². The lowest BCUT2D eigenvalue weighted by Gasteiger charge is -2.19. The Morgan fingerprint density at radius 2 is 1.50 bits per heavy atom. The monoisotopic (exact) mass is 404 g/mol. The first-order chi connectivity index (χ1) is 14.5. The van der Waals surface area contributed by atoms with Crippen molar-refractivity contribution in [2.75, 3.05) is 0 Å². The number of hydrogen-bond donors (Lipinski definition) is 0. The molecule has 0 aromatic heterocycles. The minimum absolute atomic E-state index is 0.216. The van der Waals surface area contributed by atoms with Crippen molar-refractivity contribution in [2.45, 2.75) is 26.2 Å². The van der Waals surface area contributed by atoms with Gasteiger partial charge in [0, 0.05) is 11.1 Å². The lowest BCUT2D eigenvalue weighted by Crippen LogP contribution is -2.03. The Balaban J connectivity index is 1.60. The van der Waals surface area contributed by atoms with Crippen LogP contribution < -0.4 is 0 Å². The van der Waals surface area contributed by atoms with Gasteiger partial charge in [-0.05, 0) is 66.0 Å². The fraction of sp³-hybridized carbons (Fsp3) is 0.185. The molecule has 0 heterocycles. The van der Waals surface area contributed by atoms with Crippen LogP contribution in [0.1, 0.15) is 30.4 Å². The second-order valence-corrected chi connectivity index (χ2v) is 7.83. The highest BCUT2D eigenvalue weighted by atomic mass is 19.2. The van der Waals surface area contributed by atoms with Gasteiger partial charge in [-0.1, -0.05) is 60.7 Å². The van der Waals surface area contributed by atoms with Crippen LogP contribution in [0.5, 0.6) is 0 Å². The van der Waals surface area contributed by atoms with Gasteiger partial charge in [-0.2, -0.15) is 0 Å². The highest BCUT2D eigenvalue weighted by molar-refractivity contribution is 5.74. The third-order valence-electron chi connectivity index (χ3n) is 5.90. The fourth-order valence-electron chi connectivity index (χ4n) is 3.98. The van der Waals surface area contributed by atoms with Gasteiger partial charge >= 0.3 is 0 Å². The van der Waals surface area contributed by atoms with Crippen LogP contribution in [0.25, 0.3) is 27.8 Å². The molecule has 0 amide bonds. The second-order valence-electron chi connectivity index (χ2n) is 7.83. The molecule has 0 bridgehead atoms. The fourth-order valence-corrected chi connectivity index (χ4v) is 3.98. The summed E-state index contributed by atoms with van der Waals surface area (Å²) in [5.41, 5.74) is 4.33. The maximum Gasteiger partial charge on any atom is 0.166 e. The van der Waals surface area contributed by atoms with Gasteiger partial charge in [0.25, 0.3) is 0 Å². The predicted octanol–water partition coefficient (Wildman–Crippen LogP) is 8.12.